The Hall–Kier alpha value is -1.15. The first-order valence-electron chi connectivity index (χ1n) is 4.07. The highest BCUT2D eigenvalue weighted by atomic mass is 127. The quantitative estimate of drug-likeness (QED) is 0.721. The topological polar surface area (TPSA) is 92.4 Å². The van der Waals surface area contributed by atoms with Crippen molar-refractivity contribution in [3.05, 3.63) is 27.3 Å². The molecule has 4 N–H and O–H groups in total. The van der Waals surface area contributed by atoms with Crippen molar-refractivity contribution < 1.29 is 14.7 Å². The number of anilines is 1. The van der Waals surface area contributed by atoms with Crippen LogP contribution in [0, 0.1) is 3.57 Å². The van der Waals surface area contributed by atoms with Gasteiger partial charge in [-0.2, -0.15) is 0 Å². The summed E-state index contributed by atoms with van der Waals surface area (Å²) in [6.07, 6.45) is 0. The number of hydrogen-bond acceptors (Lipinski definition) is 3. The Labute approximate surface area is 99.8 Å². The third-order valence-electron chi connectivity index (χ3n) is 1.67. The van der Waals surface area contributed by atoms with Crippen LogP contribution in [0.5, 0.6) is 0 Å². The number of hydrogen-bond donors (Lipinski definition) is 3. The molecule has 0 bridgehead atoms. The van der Waals surface area contributed by atoms with Crippen LogP contribution in [-0.2, 0) is 4.79 Å². The molecule has 0 aromatic heterocycles. The Bertz CT molecular complexity index is 406. The van der Waals surface area contributed by atoms with Gasteiger partial charge in [-0.15, -0.1) is 0 Å². The summed E-state index contributed by atoms with van der Waals surface area (Å²) >= 11 is 2.00. The standard InChI is InChI=1S/C9H9IN2O3/c10-5-1-2-7(12-8(13)4-11)6(3-5)9(14)15/h1-3H,4,11H2,(H,12,13)(H,14,15). The predicted octanol–water partition coefficient (Wildman–Crippen LogP) is 0.887. The monoisotopic (exact) mass is 320 g/mol. The predicted molar refractivity (Wildman–Crippen MR) is 63.8 cm³/mol. The van der Waals surface area contributed by atoms with E-state index in [1.165, 1.54) is 6.07 Å². The highest BCUT2D eigenvalue weighted by Gasteiger charge is 2.11. The minimum absolute atomic E-state index is 0.0590. The summed E-state index contributed by atoms with van der Waals surface area (Å²) in [7, 11) is 0. The molecule has 0 saturated carbocycles. The van der Waals surface area contributed by atoms with E-state index in [0.717, 1.165) is 3.57 Å². The average molecular weight is 320 g/mol. The molecule has 0 spiro atoms. The zero-order valence-electron chi connectivity index (χ0n) is 7.66. The van der Waals surface area contributed by atoms with E-state index in [2.05, 4.69) is 5.32 Å². The van der Waals surface area contributed by atoms with Gasteiger partial charge in [0, 0.05) is 3.57 Å². The van der Waals surface area contributed by atoms with Crippen LogP contribution in [0.15, 0.2) is 18.2 Å². The lowest BCUT2D eigenvalue weighted by Gasteiger charge is -2.07. The van der Waals surface area contributed by atoms with Gasteiger partial charge in [0.2, 0.25) is 5.91 Å². The normalized spacial score (nSPS) is 9.73. The van der Waals surface area contributed by atoms with Crippen molar-refractivity contribution in [1.29, 1.82) is 0 Å². The molecule has 0 fully saturated rings. The van der Waals surface area contributed by atoms with Crippen LogP contribution in [0.4, 0.5) is 5.69 Å². The van der Waals surface area contributed by atoms with Gasteiger partial charge in [0.25, 0.3) is 0 Å². The summed E-state index contributed by atoms with van der Waals surface area (Å²) in [6.45, 7) is -0.176. The van der Waals surface area contributed by atoms with E-state index in [0.29, 0.717) is 0 Å². The fourth-order valence-corrected chi connectivity index (χ4v) is 1.49. The fourth-order valence-electron chi connectivity index (χ4n) is 1.00. The number of rotatable bonds is 3. The largest absolute Gasteiger partial charge is 0.478 e. The molecule has 80 valence electrons. The maximum atomic E-state index is 11.0. The Balaban J connectivity index is 3.06. The molecule has 1 aromatic rings. The fraction of sp³-hybridized carbons (Fsp3) is 0.111. The first kappa shape index (κ1) is 11.9. The van der Waals surface area contributed by atoms with Crippen LogP contribution in [-0.4, -0.2) is 23.5 Å². The lowest BCUT2D eigenvalue weighted by Crippen LogP contribution is -2.23. The summed E-state index contributed by atoms with van der Waals surface area (Å²) < 4.78 is 0.788. The van der Waals surface area contributed by atoms with Crippen molar-refractivity contribution in [2.75, 3.05) is 11.9 Å². The molecule has 0 aliphatic rings. The molecule has 0 heterocycles. The number of carbonyl (C=O) groups is 2. The average Bonchev–Trinajstić information content (AvgIpc) is 2.20. The third-order valence-corrected chi connectivity index (χ3v) is 2.34. The summed E-state index contributed by atoms with van der Waals surface area (Å²) in [5.74, 6) is -1.50. The van der Waals surface area contributed by atoms with E-state index >= 15 is 0 Å². The molecule has 0 atom stereocenters. The van der Waals surface area contributed by atoms with Gasteiger partial charge >= 0.3 is 5.97 Å². The molecule has 0 aliphatic heterocycles. The molecule has 5 nitrogen and oxygen atoms in total. The van der Waals surface area contributed by atoms with E-state index in [9.17, 15) is 9.59 Å². The molecule has 1 aromatic carbocycles. The van der Waals surface area contributed by atoms with Gasteiger partial charge in [0.05, 0.1) is 17.8 Å². The third kappa shape index (κ3) is 3.17. The maximum Gasteiger partial charge on any atom is 0.337 e. The Kier molecular flexibility index (Phi) is 4.04. The van der Waals surface area contributed by atoms with Gasteiger partial charge in [-0.1, -0.05) is 0 Å². The SMILES string of the molecule is NCC(=O)Nc1ccc(I)cc1C(=O)O. The molecule has 0 unspecified atom stereocenters. The van der Waals surface area contributed by atoms with Crippen LogP contribution in [0.2, 0.25) is 0 Å². The van der Waals surface area contributed by atoms with E-state index < -0.39 is 11.9 Å². The zero-order chi connectivity index (χ0) is 11.4. The van der Waals surface area contributed by atoms with E-state index in [1.54, 1.807) is 12.1 Å². The highest BCUT2D eigenvalue weighted by Crippen LogP contribution is 2.18. The number of carboxylic acid groups (broad SMARTS) is 1. The van der Waals surface area contributed by atoms with Gasteiger partial charge in [-0.3, -0.25) is 4.79 Å². The van der Waals surface area contributed by atoms with Gasteiger partial charge in [-0.25, -0.2) is 4.79 Å². The number of benzene rings is 1. The number of aromatic carboxylic acids is 1. The summed E-state index contributed by atoms with van der Waals surface area (Å²) in [5, 5.41) is 11.3. The van der Waals surface area contributed by atoms with Gasteiger partial charge in [-0.05, 0) is 40.8 Å². The molecule has 6 heteroatoms. The van der Waals surface area contributed by atoms with Gasteiger partial charge < -0.3 is 16.2 Å². The van der Waals surface area contributed by atoms with Crippen LogP contribution in [0.25, 0.3) is 0 Å². The molecule has 1 rings (SSSR count). The van der Waals surface area contributed by atoms with Crippen molar-refractivity contribution >= 4 is 40.2 Å². The number of carbonyl (C=O) groups excluding carboxylic acids is 1. The highest BCUT2D eigenvalue weighted by molar-refractivity contribution is 14.1. The lowest BCUT2D eigenvalue weighted by molar-refractivity contribution is -0.114. The van der Waals surface area contributed by atoms with Crippen LogP contribution in [0.1, 0.15) is 10.4 Å². The number of amides is 1. The van der Waals surface area contributed by atoms with E-state index in [1.807, 2.05) is 22.6 Å². The Morgan fingerprint density at radius 3 is 2.67 bits per heavy atom. The van der Waals surface area contributed by atoms with Gasteiger partial charge in [0.15, 0.2) is 0 Å². The summed E-state index contributed by atoms with van der Waals surface area (Å²) in [5.41, 5.74) is 5.44. The smallest absolute Gasteiger partial charge is 0.337 e. The Morgan fingerprint density at radius 2 is 2.13 bits per heavy atom. The van der Waals surface area contributed by atoms with Crippen molar-refractivity contribution in [1.82, 2.24) is 0 Å². The second-order valence-electron chi connectivity index (χ2n) is 2.75. The second kappa shape index (κ2) is 5.08. The minimum Gasteiger partial charge on any atom is -0.478 e. The van der Waals surface area contributed by atoms with Gasteiger partial charge in [0.1, 0.15) is 0 Å². The van der Waals surface area contributed by atoms with Crippen LogP contribution < -0.4 is 11.1 Å². The summed E-state index contributed by atoms with van der Waals surface area (Å²) in [6, 6.07) is 4.73. The van der Waals surface area contributed by atoms with Crippen LogP contribution >= 0.6 is 22.6 Å². The van der Waals surface area contributed by atoms with Crippen molar-refractivity contribution in [2.45, 2.75) is 0 Å². The molecule has 15 heavy (non-hydrogen) atoms. The number of carboxylic acids is 1. The second-order valence-corrected chi connectivity index (χ2v) is 3.99. The first-order valence-corrected chi connectivity index (χ1v) is 5.15. The summed E-state index contributed by atoms with van der Waals surface area (Å²) in [4.78, 5) is 21.9. The molecule has 0 aliphatic carbocycles. The molecular weight excluding hydrogens is 311 g/mol. The number of nitrogens with two attached hydrogens (primary N) is 1. The van der Waals surface area contributed by atoms with E-state index in [-0.39, 0.29) is 17.8 Å². The molecular formula is C9H9IN2O3. The maximum absolute atomic E-state index is 11.0. The van der Waals surface area contributed by atoms with E-state index in [4.69, 9.17) is 10.8 Å². The van der Waals surface area contributed by atoms with Crippen molar-refractivity contribution in [3.63, 3.8) is 0 Å². The van der Waals surface area contributed by atoms with Crippen LogP contribution in [0.3, 0.4) is 0 Å². The lowest BCUT2D eigenvalue weighted by atomic mass is 10.2. The zero-order valence-corrected chi connectivity index (χ0v) is 9.82. The number of nitrogens with one attached hydrogen (secondary N) is 1. The molecule has 0 saturated heterocycles. The van der Waals surface area contributed by atoms with Crippen molar-refractivity contribution in [2.24, 2.45) is 5.73 Å². The first-order chi connectivity index (χ1) is 7.04. The molecule has 0 radical (unpaired) electrons. The molecule has 1 amide bonds. The van der Waals surface area contributed by atoms with Crippen molar-refractivity contribution in [3.8, 4) is 0 Å². The number of halogens is 1. The Morgan fingerprint density at radius 1 is 1.47 bits per heavy atom. The minimum atomic E-state index is -1.08.